The van der Waals surface area contributed by atoms with Crippen molar-refractivity contribution in [1.29, 1.82) is 0 Å². The zero-order valence-corrected chi connectivity index (χ0v) is 27.2. The molecule has 0 saturated carbocycles. The predicted octanol–water partition coefficient (Wildman–Crippen LogP) is 7.07. The van der Waals surface area contributed by atoms with Crippen molar-refractivity contribution < 1.29 is 23.1 Å². The minimum absolute atomic E-state index is 0.236. The molecule has 2 aromatic heterocycles. The first-order valence-electron chi connectivity index (χ1n) is 13.1. The van der Waals surface area contributed by atoms with Gasteiger partial charge in [-0.25, -0.2) is 9.37 Å². The molecule has 1 N–H and O–H groups in total. The van der Waals surface area contributed by atoms with E-state index in [2.05, 4.69) is 55.6 Å². The zero-order chi connectivity index (χ0) is 30.8. The Kier molecular flexibility index (Phi) is 8.61. The summed E-state index contributed by atoms with van der Waals surface area (Å²) in [6.45, 7) is -0.236. The van der Waals surface area contributed by atoms with Crippen molar-refractivity contribution in [2.45, 2.75) is 0 Å². The molecule has 0 aliphatic heterocycles. The number of hydrogen-bond acceptors (Lipinski definition) is 7. The highest BCUT2D eigenvalue weighted by molar-refractivity contribution is 14.1. The highest BCUT2D eigenvalue weighted by Crippen LogP contribution is 2.33. The number of benzene rings is 4. The summed E-state index contributed by atoms with van der Waals surface area (Å²) in [5, 5.41) is 8.37. The van der Waals surface area contributed by atoms with Gasteiger partial charge in [-0.05, 0) is 117 Å². The lowest BCUT2D eigenvalue weighted by atomic mass is 10.2. The van der Waals surface area contributed by atoms with E-state index in [1.165, 1.54) is 28.9 Å². The normalized spacial score (nSPS) is 11.4. The number of amides is 1. The van der Waals surface area contributed by atoms with Crippen molar-refractivity contribution in [3.8, 4) is 23.1 Å². The molecule has 1 amide bonds. The van der Waals surface area contributed by atoms with Gasteiger partial charge < -0.3 is 19.2 Å². The molecule has 9 nitrogen and oxygen atoms in total. The number of anilines is 1. The van der Waals surface area contributed by atoms with Gasteiger partial charge in [0, 0.05) is 5.69 Å². The Morgan fingerprint density at radius 2 is 1.77 bits per heavy atom. The third kappa shape index (κ3) is 6.17. The maximum Gasteiger partial charge on any atom is 0.282 e. The number of aromatic nitrogens is 2. The lowest BCUT2D eigenvalue weighted by Crippen LogP contribution is -2.21. The zero-order valence-electron chi connectivity index (χ0n) is 22.9. The van der Waals surface area contributed by atoms with Crippen molar-refractivity contribution in [3.05, 3.63) is 114 Å². The summed E-state index contributed by atoms with van der Waals surface area (Å²) in [5.41, 5.74) is 1.91. The number of para-hydroxylation sites is 1. The van der Waals surface area contributed by atoms with Crippen LogP contribution in [0.15, 0.2) is 99.2 Å². The van der Waals surface area contributed by atoms with Gasteiger partial charge >= 0.3 is 0 Å². The molecule has 0 spiro atoms. The molecule has 0 unspecified atom stereocenters. The molecule has 0 aliphatic rings. The molecule has 6 aromatic rings. The lowest BCUT2D eigenvalue weighted by molar-refractivity contribution is -0.118. The number of ether oxygens (including phenoxy) is 2. The second kappa shape index (κ2) is 12.7. The van der Waals surface area contributed by atoms with Gasteiger partial charge in [-0.1, -0.05) is 18.2 Å². The molecule has 220 valence electrons. The van der Waals surface area contributed by atoms with E-state index in [9.17, 15) is 14.0 Å². The summed E-state index contributed by atoms with van der Waals surface area (Å²) in [6.07, 6.45) is 1.56. The number of rotatable bonds is 8. The van der Waals surface area contributed by atoms with Crippen molar-refractivity contribution in [2.75, 3.05) is 19.0 Å². The average Bonchev–Trinajstić information content (AvgIpc) is 3.46. The number of methoxy groups -OCH3 is 1. The maximum absolute atomic E-state index is 13.6. The van der Waals surface area contributed by atoms with Gasteiger partial charge in [-0.2, -0.15) is 9.78 Å². The fraction of sp³-hybridized carbons (Fsp3) is 0.0625. The van der Waals surface area contributed by atoms with Crippen LogP contribution in [0.2, 0.25) is 0 Å². The Morgan fingerprint density at radius 1 is 1.02 bits per heavy atom. The van der Waals surface area contributed by atoms with Crippen LogP contribution in [0.5, 0.6) is 11.5 Å². The van der Waals surface area contributed by atoms with E-state index in [1.54, 1.807) is 37.6 Å². The van der Waals surface area contributed by atoms with Crippen molar-refractivity contribution in [1.82, 2.24) is 9.66 Å². The number of fused-ring (bicyclic) bond motifs is 2. The van der Waals surface area contributed by atoms with E-state index in [4.69, 9.17) is 18.9 Å². The van der Waals surface area contributed by atoms with Crippen LogP contribution in [0.25, 0.3) is 33.5 Å². The molecule has 12 heteroatoms. The molecule has 4 aromatic carbocycles. The molecule has 2 heterocycles. The van der Waals surface area contributed by atoms with E-state index in [0.717, 1.165) is 12.5 Å². The Bertz CT molecular complexity index is 2100. The van der Waals surface area contributed by atoms with Crippen LogP contribution < -0.4 is 20.3 Å². The topological polar surface area (TPSA) is 108 Å². The molecular formula is C32H21FI2N4O5. The Labute approximate surface area is 277 Å². The molecule has 0 atom stereocenters. The third-order valence-electron chi connectivity index (χ3n) is 6.53. The molecule has 0 saturated heterocycles. The fourth-order valence-electron chi connectivity index (χ4n) is 4.50. The van der Waals surface area contributed by atoms with E-state index in [1.807, 2.05) is 36.4 Å². The monoisotopic (exact) mass is 814 g/mol. The van der Waals surface area contributed by atoms with Crippen molar-refractivity contribution in [2.24, 2.45) is 5.10 Å². The van der Waals surface area contributed by atoms with E-state index in [0.29, 0.717) is 45.0 Å². The van der Waals surface area contributed by atoms with Gasteiger partial charge in [0.2, 0.25) is 5.82 Å². The third-order valence-corrected chi connectivity index (χ3v) is 8.14. The Balaban J connectivity index is 1.30. The van der Waals surface area contributed by atoms with Gasteiger partial charge in [0.25, 0.3) is 11.5 Å². The second-order valence-electron chi connectivity index (χ2n) is 9.45. The van der Waals surface area contributed by atoms with Crippen LogP contribution in [-0.4, -0.2) is 35.5 Å². The van der Waals surface area contributed by atoms with Crippen molar-refractivity contribution in [3.63, 3.8) is 0 Å². The van der Waals surface area contributed by atoms with Gasteiger partial charge in [-0.3, -0.25) is 9.59 Å². The maximum atomic E-state index is 13.6. The first-order valence-corrected chi connectivity index (χ1v) is 15.3. The summed E-state index contributed by atoms with van der Waals surface area (Å²) in [4.78, 5) is 30.7. The predicted molar refractivity (Wildman–Crippen MR) is 183 cm³/mol. The lowest BCUT2D eigenvalue weighted by Gasteiger charge is -2.12. The molecule has 44 heavy (non-hydrogen) atoms. The van der Waals surface area contributed by atoms with E-state index in [-0.39, 0.29) is 29.7 Å². The Morgan fingerprint density at radius 3 is 2.52 bits per heavy atom. The second-order valence-corrected chi connectivity index (χ2v) is 11.8. The van der Waals surface area contributed by atoms with Crippen LogP contribution >= 0.6 is 45.2 Å². The first-order chi connectivity index (χ1) is 21.3. The number of hydrogen-bond donors (Lipinski definition) is 1. The molecule has 6 rings (SSSR count). The summed E-state index contributed by atoms with van der Waals surface area (Å²) in [6, 6.07) is 23.4. The number of nitrogens with one attached hydrogen (secondary N) is 1. The van der Waals surface area contributed by atoms with Gasteiger partial charge in [-0.15, -0.1) is 0 Å². The van der Waals surface area contributed by atoms with Crippen LogP contribution in [0, 0.1) is 13.0 Å². The summed E-state index contributed by atoms with van der Waals surface area (Å²) >= 11 is 4.23. The highest BCUT2D eigenvalue weighted by Gasteiger charge is 2.18. The number of furan rings is 1. The average molecular weight is 814 g/mol. The van der Waals surface area contributed by atoms with Crippen molar-refractivity contribution >= 4 is 84.9 Å². The minimum Gasteiger partial charge on any atom is -0.496 e. The van der Waals surface area contributed by atoms with Crippen LogP contribution in [0.4, 0.5) is 10.1 Å². The van der Waals surface area contributed by atoms with Gasteiger partial charge in [0.1, 0.15) is 22.9 Å². The van der Waals surface area contributed by atoms with Crippen LogP contribution in [0.1, 0.15) is 5.56 Å². The minimum atomic E-state index is -0.389. The Hall–Kier alpha value is -4.31. The molecule has 0 fully saturated rings. The number of carbonyl (C=O) groups excluding carboxylic acids is 1. The van der Waals surface area contributed by atoms with Gasteiger partial charge in [0.15, 0.2) is 12.4 Å². The largest absolute Gasteiger partial charge is 0.496 e. The molecule has 0 radical (unpaired) electrons. The quantitative estimate of drug-likeness (QED) is 0.130. The van der Waals surface area contributed by atoms with Crippen LogP contribution in [0.3, 0.4) is 0 Å². The van der Waals surface area contributed by atoms with E-state index < -0.39 is 0 Å². The standard InChI is InChI=1S/C32H21FI2N4O5/c1-42-26-7-4-8-27-22(26)15-28(44-27)31-38-25-6-3-2-5-21(25)32(41)39(31)36-16-18-13-23(34)30(24(35)14-18)43-17-29(40)37-20-11-9-19(33)10-12-20/h2-16H,17H2,1H3,(H,37,40). The van der Waals surface area contributed by atoms with Crippen LogP contribution in [-0.2, 0) is 4.79 Å². The molecule has 0 bridgehead atoms. The summed E-state index contributed by atoms with van der Waals surface area (Å²) in [7, 11) is 1.58. The number of carbonyl (C=O) groups is 1. The summed E-state index contributed by atoms with van der Waals surface area (Å²) in [5.74, 6) is 0.984. The SMILES string of the molecule is COc1cccc2oc(-c3nc4ccccc4c(=O)n3N=Cc3cc(I)c(OCC(=O)Nc4ccc(F)cc4)c(I)c3)cc12. The highest BCUT2D eigenvalue weighted by atomic mass is 127. The number of halogens is 3. The molecular weight excluding hydrogens is 793 g/mol. The smallest absolute Gasteiger partial charge is 0.282 e. The first kappa shape index (κ1) is 29.7. The van der Waals surface area contributed by atoms with Gasteiger partial charge in [0.05, 0.1) is 36.8 Å². The fourth-order valence-corrected chi connectivity index (χ4v) is 6.62. The van der Waals surface area contributed by atoms with E-state index >= 15 is 0 Å². The number of nitrogens with zero attached hydrogens (tertiary/aromatic N) is 3. The molecule has 0 aliphatic carbocycles. The summed E-state index contributed by atoms with van der Waals surface area (Å²) < 4.78 is 33.2.